The SMILES string of the molecule is Cc1nc(C)c(CNC(=O)NC[C@@H](C)N2CCOC[C@H]2C)s1. The van der Waals surface area contributed by atoms with E-state index in [1.807, 2.05) is 13.8 Å². The normalized spacial score (nSPS) is 20.6. The molecule has 7 heteroatoms. The van der Waals surface area contributed by atoms with Crippen LogP contribution in [0.1, 0.15) is 29.4 Å². The molecule has 6 nitrogen and oxygen atoms in total. The summed E-state index contributed by atoms with van der Waals surface area (Å²) in [7, 11) is 0. The zero-order valence-corrected chi connectivity index (χ0v) is 14.6. The van der Waals surface area contributed by atoms with Crippen LogP contribution in [0.25, 0.3) is 0 Å². The van der Waals surface area contributed by atoms with Crippen molar-refractivity contribution in [1.29, 1.82) is 0 Å². The lowest BCUT2D eigenvalue weighted by atomic mass is 10.2. The van der Waals surface area contributed by atoms with Crippen LogP contribution in [0.2, 0.25) is 0 Å². The quantitative estimate of drug-likeness (QED) is 0.864. The molecule has 0 spiro atoms. The van der Waals surface area contributed by atoms with Gasteiger partial charge in [-0.25, -0.2) is 9.78 Å². The minimum absolute atomic E-state index is 0.127. The van der Waals surface area contributed by atoms with E-state index in [1.54, 1.807) is 11.3 Å². The van der Waals surface area contributed by atoms with Crippen LogP contribution in [0.15, 0.2) is 0 Å². The van der Waals surface area contributed by atoms with Crippen LogP contribution in [0.5, 0.6) is 0 Å². The predicted octanol–water partition coefficient (Wildman–Crippen LogP) is 1.67. The van der Waals surface area contributed by atoms with Crippen LogP contribution >= 0.6 is 11.3 Å². The number of nitrogens with zero attached hydrogens (tertiary/aromatic N) is 2. The van der Waals surface area contributed by atoms with Gasteiger partial charge in [-0.05, 0) is 27.7 Å². The molecule has 2 heterocycles. The molecule has 1 saturated heterocycles. The molecule has 1 aliphatic heterocycles. The Balaban J connectivity index is 1.72. The Morgan fingerprint density at radius 3 is 2.91 bits per heavy atom. The summed E-state index contributed by atoms with van der Waals surface area (Å²) < 4.78 is 5.44. The highest BCUT2D eigenvalue weighted by molar-refractivity contribution is 7.11. The number of amides is 2. The van der Waals surface area contributed by atoms with Crippen molar-refractivity contribution in [1.82, 2.24) is 20.5 Å². The molecule has 2 rings (SSSR count). The van der Waals surface area contributed by atoms with Crippen LogP contribution < -0.4 is 10.6 Å². The molecule has 2 atom stereocenters. The summed E-state index contributed by atoms with van der Waals surface area (Å²) >= 11 is 1.63. The Labute approximate surface area is 136 Å². The van der Waals surface area contributed by atoms with Gasteiger partial charge >= 0.3 is 6.03 Å². The van der Waals surface area contributed by atoms with Gasteiger partial charge in [0.05, 0.1) is 30.5 Å². The first-order valence-corrected chi connectivity index (χ1v) is 8.57. The summed E-state index contributed by atoms with van der Waals surface area (Å²) in [6.45, 7) is 11.9. The molecule has 124 valence electrons. The van der Waals surface area contributed by atoms with Crippen LogP contribution in [-0.4, -0.2) is 54.3 Å². The summed E-state index contributed by atoms with van der Waals surface area (Å²) in [6.07, 6.45) is 0. The topological polar surface area (TPSA) is 66.5 Å². The number of carbonyl (C=O) groups is 1. The van der Waals surface area contributed by atoms with Crippen molar-refractivity contribution >= 4 is 17.4 Å². The van der Waals surface area contributed by atoms with Crippen molar-refractivity contribution in [2.75, 3.05) is 26.3 Å². The number of hydrogen-bond donors (Lipinski definition) is 2. The molecule has 0 unspecified atom stereocenters. The number of rotatable bonds is 5. The van der Waals surface area contributed by atoms with E-state index < -0.39 is 0 Å². The van der Waals surface area contributed by atoms with Gasteiger partial charge in [0.15, 0.2) is 0 Å². The van der Waals surface area contributed by atoms with Crippen molar-refractivity contribution in [3.63, 3.8) is 0 Å². The number of carbonyl (C=O) groups excluding carboxylic acids is 1. The highest BCUT2D eigenvalue weighted by Gasteiger charge is 2.23. The summed E-state index contributed by atoms with van der Waals surface area (Å²) in [4.78, 5) is 19.8. The fraction of sp³-hybridized carbons (Fsp3) is 0.733. The van der Waals surface area contributed by atoms with Crippen LogP contribution in [0, 0.1) is 13.8 Å². The van der Waals surface area contributed by atoms with E-state index >= 15 is 0 Å². The monoisotopic (exact) mass is 326 g/mol. The van der Waals surface area contributed by atoms with Gasteiger partial charge in [-0.2, -0.15) is 0 Å². The van der Waals surface area contributed by atoms with Gasteiger partial charge in [0.25, 0.3) is 0 Å². The minimum atomic E-state index is -0.127. The molecule has 0 aromatic carbocycles. The van der Waals surface area contributed by atoms with Gasteiger partial charge in [-0.3, -0.25) is 4.90 Å². The fourth-order valence-corrected chi connectivity index (χ4v) is 3.59. The maximum absolute atomic E-state index is 11.9. The summed E-state index contributed by atoms with van der Waals surface area (Å²) in [5, 5.41) is 6.88. The largest absolute Gasteiger partial charge is 0.379 e. The summed E-state index contributed by atoms with van der Waals surface area (Å²) in [6, 6.07) is 0.576. The number of thiazole rings is 1. The Bertz CT molecular complexity index is 506. The molecular weight excluding hydrogens is 300 g/mol. The fourth-order valence-electron chi connectivity index (χ4n) is 2.71. The summed E-state index contributed by atoms with van der Waals surface area (Å²) in [5.41, 5.74) is 0.998. The van der Waals surface area contributed by atoms with Gasteiger partial charge in [-0.15, -0.1) is 11.3 Å². The van der Waals surface area contributed by atoms with Gasteiger partial charge < -0.3 is 15.4 Å². The molecule has 2 amide bonds. The first kappa shape index (κ1) is 17.2. The Morgan fingerprint density at radius 1 is 1.50 bits per heavy atom. The third-order valence-corrected chi connectivity index (χ3v) is 5.03. The highest BCUT2D eigenvalue weighted by atomic mass is 32.1. The number of nitrogens with one attached hydrogen (secondary N) is 2. The van der Waals surface area contributed by atoms with E-state index in [0.29, 0.717) is 25.2 Å². The number of ether oxygens (including phenoxy) is 1. The smallest absolute Gasteiger partial charge is 0.315 e. The van der Waals surface area contributed by atoms with E-state index in [2.05, 4.69) is 34.4 Å². The second-order valence-corrected chi connectivity index (χ2v) is 7.10. The number of aromatic nitrogens is 1. The van der Waals surface area contributed by atoms with Crippen LogP contribution in [0.3, 0.4) is 0 Å². The minimum Gasteiger partial charge on any atom is -0.379 e. The lowest BCUT2D eigenvalue weighted by Crippen LogP contribution is -2.52. The van der Waals surface area contributed by atoms with Gasteiger partial charge in [0, 0.05) is 30.1 Å². The van der Waals surface area contributed by atoms with Gasteiger partial charge in [0.2, 0.25) is 0 Å². The third-order valence-electron chi connectivity index (χ3n) is 3.95. The van der Waals surface area contributed by atoms with Gasteiger partial charge in [-0.1, -0.05) is 0 Å². The predicted molar refractivity (Wildman–Crippen MR) is 88.3 cm³/mol. The zero-order chi connectivity index (χ0) is 16.1. The van der Waals surface area contributed by atoms with E-state index in [0.717, 1.165) is 35.3 Å². The van der Waals surface area contributed by atoms with Crippen molar-refractivity contribution in [2.45, 2.75) is 46.3 Å². The molecule has 1 aliphatic rings. The first-order chi connectivity index (χ1) is 10.5. The molecule has 22 heavy (non-hydrogen) atoms. The Morgan fingerprint density at radius 2 is 2.27 bits per heavy atom. The molecule has 1 aromatic heterocycles. The first-order valence-electron chi connectivity index (χ1n) is 7.75. The maximum atomic E-state index is 11.9. The highest BCUT2D eigenvalue weighted by Crippen LogP contribution is 2.16. The van der Waals surface area contributed by atoms with Crippen molar-refractivity contribution in [3.05, 3.63) is 15.6 Å². The van der Waals surface area contributed by atoms with Crippen molar-refractivity contribution in [3.8, 4) is 0 Å². The Kier molecular flexibility index (Phi) is 6.16. The number of aryl methyl sites for hydroxylation is 2. The average molecular weight is 326 g/mol. The average Bonchev–Trinajstić information content (AvgIpc) is 2.81. The van der Waals surface area contributed by atoms with Crippen molar-refractivity contribution in [2.24, 2.45) is 0 Å². The molecule has 0 bridgehead atoms. The standard InChI is InChI=1S/C15H26N4O2S/c1-10(19-5-6-21-9-11(19)2)7-16-15(20)17-8-14-12(3)18-13(4)22-14/h10-11H,5-9H2,1-4H3,(H2,16,17,20)/t10-,11-/m1/s1. The third kappa shape index (κ3) is 4.66. The molecular formula is C15H26N4O2S. The number of morpholine rings is 1. The maximum Gasteiger partial charge on any atom is 0.315 e. The van der Waals surface area contributed by atoms with E-state index in [1.165, 1.54) is 0 Å². The van der Waals surface area contributed by atoms with Crippen LogP contribution in [0.4, 0.5) is 4.79 Å². The molecule has 0 radical (unpaired) electrons. The van der Waals surface area contributed by atoms with E-state index in [-0.39, 0.29) is 6.03 Å². The second-order valence-electron chi connectivity index (χ2n) is 5.82. The van der Waals surface area contributed by atoms with E-state index in [9.17, 15) is 4.79 Å². The van der Waals surface area contributed by atoms with Crippen molar-refractivity contribution < 1.29 is 9.53 Å². The zero-order valence-electron chi connectivity index (χ0n) is 13.8. The lowest BCUT2D eigenvalue weighted by molar-refractivity contribution is -0.0176. The molecule has 0 aliphatic carbocycles. The number of hydrogen-bond acceptors (Lipinski definition) is 5. The molecule has 1 fully saturated rings. The van der Waals surface area contributed by atoms with E-state index in [4.69, 9.17) is 4.74 Å². The number of urea groups is 1. The second kappa shape index (κ2) is 7.89. The lowest BCUT2D eigenvalue weighted by Gasteiger charge is -2.37. The van der Waals surface area contributed by atoms with Crippen LogP contribution in [-0.2, 0) is 11.3 Å². The molecule has 0 saturated carbocycles. The Hall–Kier alpha value is -1.18. The summed E-state index contributed by atoms with van der Waals surface area (Å²) in [5.74, 6) is 0. The molecule has 2 N–H and O–H groups in total. The molecule has 1 aromatic rings. The van der Waals surface area contributed by atoms with Gasteiger partial charge in [0.1, 0.15) is 0 Å².